The van der Waals surface area contributed by atoms with Gasteiger partial charge in [0.25, 0.3) is 0 Å². The molecule has 3 nitrogen and oxygen atoms in total. The van der Waals surface area contributed by atoms with E-state index in [1.54, 1.807) is 7.11 Å². The van der Waals surface area contributed by atoms with Crippen molar-refractivity contribution in [2.75, 3.05) is 16.9 Å². The summed E-state index contributed by atoms with van der Waals surface area (Å²) in [4.78, 5) is 4.44. The van der Waals surface area contributed by atoms with Crippen LogP contribution in [-0.4, -0.2) is 17.4 Å². The number of para-hydroxylation sites is 4. The van der Waals surface area contributed by atoms with Gasteiger partial charge >= 0.3 is 0 Å². The van der Waals surface area contributed by atoms with E-state index in [1.807, 2.05) is 24.3 Å². The van der Waals surface area contributed by atoms with Crippen LogP contribution in [-0.2, 0) is 0 Å². The number of anilines is 6. The van der Waals surface area contributed by atoms with E-state index >= 15 is 0 Å². The van der Waals surface area contributed by atoms with E-state index < -0.39 is 0 Å². The van der Waals surface area contributed by atoms with Crippen molar-refractivity contribution in [3.8, 4) is 5.75 Å². The Kier molecular flexibility index (Phi) is 6.64. The largest absolute Gasteiger partial charge is 0.492 e. The summed E-state index contributed by atoms with van der Waals surface area (Å²) >= 11 is 0. The normalized spacial score (nSPS) is 10.6. The Morgan fingerprint density at radius 3 is 1.03 bits per heavy atom. The fourth-order valence-corrected chi connectivity index (χ4v) is 4.58. The standard InChI is InChI=1S/C31H25N2OSi/c1-34-31-29(32(24-14-6-2-7-15-24)25-16-8-3-9-17-25)22-28(35)23-30(31)33(26-18-10-4-11-19-26)27-20-12-5-13-21-27/h2-23H,1H3. The molecule has 5 rings (SSSR count). The van der Waals surface area contributed by atoms with Crippen molar-refractivity contribution in [2.45, 2.75) is 0 Å². The molecule has 5 aromatic rings. The molecule has 0 aliphatic carbocycles. The van der Waals surface area contributed by atoms with Crippen LogP contribution in [0.4, 0.5) is 34.1 Å². The maximum Gasteiger partial charge on any atom is 0.166 e. The van der Waals surface area contributed by atoms with Gasteiger partial charge < -0.3 is 14.5 Å². The number of methoxy groups -OCH3 is 1. The summed E-state index contributed by atoms with van der Waals surface area (Å²) in [6, 6.07) is 45.6. The Labute approximate surface area is 210 Å². The van der Waals surface area contributed by atoms with Gasteiger partial charge in [-0.15, -0.1) is 0 Å². The van der Waals surface area contributed by atoms with Gasteiger partial charge in [0.1, 0.15) is 0 Å². The second-order valence-electron chi connectivity index (χ2n) is 8.06. The van der Waals surface area contributed by atoms with Gasteiger partial charge in [-0.25, -0.2) is 0 Å². The lowest BCUT2D eigenvalue weighted by atomic mass is 10.1. The molecule has 0 spiro atoms. The van der Waals surface area contributed by atoms with Crippen molar-refractivity contribution in [1.29, 1.82) is 0 Å². The molecule has 4 heteroatoms. The summed E-state index contributed by atoms with van der Waals surface area (Å²) in [5.41, 5.74) is 6.06. The lowest BCUT2D eigenvalue weighted by Gasteiger charge is -2.32. The molecule has 0 bridgehead atoms. The first kappa shape index (κ1) is 22.5. The zero-order valence-electron chi connectivity index (χ0n) is 19.5. The van der Waals surface area contributed by atoms with Crippen LogP contribution in [0, 0.1) is 0 Å². The van der Waals surface area contributed by atoms with Crippen molar-refractivity contribution in [3.05, 3.63) is 133 Å². The number of ether oxygens (including phenoxy) is 1. The van der Waals surface area contributed by atoms with Crippen LogP contribution in [0.3, 0.4) is 0 Å². The average Bonchev–Trinajstić information content (AvgIpc) is 2.91. The molecule has 0 saturated carbocycles. The van der Waals surface area contributed by atoms with Gasteiger partial charge in [0, 0.05) is 22.7 Å². The first-order chi connectivity index (χ1) is 17.3. The van der Waals surface area contributed by atoms with Gasteiger partial charge in [-0.3, -0.25) is 0 Å². The summed E-state index contributed by atoms with van der Waals surface area (Å²) in [5.74, 6) is 0.771. The molecule has 0 unspecified atom stereocenters. The lowest BCUT2D eigenvalue weighted by molar-refractivity contribution is 0.417. The van der Waals surface area contributed by atoms with E-state index in [2.05, 4.69) is 129 Å². The van der Waals surface area contributed by atoms with Crippen LogP contribution in [0.5, 0.6) is 5.75 Å². The molecular weight excluding hydrogens is 444 g/mol. The maximum atomic E-state index is 6.17. The Bertz CT molecular complexity index is 1190. The molecule has 0 atom stereocenters. The van der Waals surface area contributed by atoms with E-state index in [0.717, 1.165) is 45.1 Å². The molecule has 0 saturated heterocycles. The van der Waals surface area contributed by atoms with Crippen molar-refractivity contribution in [3.63, 3.8) is 0 Å². The van der Waals surface area contributed by atoms with Gasteiger partial charge in [0.05, 0.1) is 28.7 Å². The quantitative estimate of drug-likeness (QED) is 0.231. The van der Waals surface area contributed by atoms with E-state index in [-0.39, 0.29) is 0 Å². The molecule has 35 heavy (non-hydrogen) atoms. The molecule has 3 radical (unpaired) electrons. The Morgan fingerprint density at radius 2 is 0.771 bits per heavy atom. The summed E-state index contributed by atoms with van der Waals surface area (Å²) in [6.07, 6.45) is 0. The Hall–Kier alpha value is -4.28. The van der Waals surface area contributed by atoms with E-state index in [9.17, 15) is 0 Å². The molecule has 0 fully saturated rings. The molecule has 5 aromatic carbocycles. The fraction of sp³-hybridized carbons (Fsp3) is 0.0323. The van der Waals surface area contributed by atoms with Gasteiger partial charge in [-0.05, 0) is 60.7 Å². The highest BCUT2D eigenvalue weighted by Crippen LogP contribution is 2.47. The zero-order valence-corrected chi connectivity index (χ0v) is 20.5. The van der Waals surface area contributed by atoms with E-state index in [4.69, 9.17) is 4.74 Å². The predicted octanol–water partition coefficient (Wildman–Crippen LogP) is 7.43. The molecule has 0 N–H and O–H groups in total. The molecule has 0 aromatic heterocycles. The minimum absolute atomic E-state index is 0.771. The fourth-order valence-electron chi connectivity index (χ4n) is 4.30. The second kappa shape index (κ2) is 10.3. The zero-order chi connectivity index (χ0) is 24.0. The molecular formula is C31H25N2OSi. The number of hydrogen-bond acceptors (Lipinski definition) is 3. The predicted molar refractivity (Wildman–Crippen MR) is 148 cm³/mol. The molecule has 0 amide bonds. The highest BCUT2D eigenvalue weighted by molar-refractivity contribution is 6.33. The van der Waals surface area contributed by atoms with Crippen LogP contribution in [0.15, 0.2) is 133 Å². The highest BCUT2D eigenvalue weighted by atomic mass is 28.1. The van der Waals surface area contributed by atoms with Crippen molar-refractivity contribution < 1.29 is 4.74 Å². The van der Waals surface area contributed by atoms with E-state index in [0.29, 0.717) is 0 Å². The Morgan fingerprint density at radius 1 is 0.486 bits per heavy atom. The van der Waals surface area contributed by atoms with Gasteiger partial charge in [0.15, 0.2) is 5.75 Å². The highest BCUT2D eigenvalue weighted by Gasteiger charge is 2.24. The molecule has 0 aliphatic rings. The summed E-state index contributed by atoms with van der Waals surface area (Å²) in [6.45, 7) is 0. The number of nitrogens with zero attached hydrogens (tertiary/aromatic N) is 2. The van der Waals surface area contributed by atoms with Crippen LogP contribution < -0.4 is 19.7 Å². The number of benzene rings is 5. The van der Waals surface area contributed by atoms with E-state index in [1.165, 1.54) is 0 Å². The average molecular weight is 470 g/mol. The van der Waals surface area contributed by atoms with Crippen LogP contribution >= 0.6 is 0 Å². The maximum absolute atomic E-state index is 6.17. The van der Waals surface area contributed by atoms with Crippen molar-refractivity contribution in [1.82, 2.24) is 0 Å². The van der Waals surface area contributed by atoms with Crippen LogP contribution in [0.25, 0.3) is 0 Å². The molecule has 169 valence electrons. The minimum Gasteiger partial charge on any atom is -0.492 e. The molecule has 0 aliphatic heterocycles. The smallest absolute Gasteiger partial charge is 0.166 e. The summed E-state index contributed by atoms with van der Waals surface area (Å²) in [5, 5.41) is 0.949. The first-order valence-electron chi connectivity index (χ1n) is 11.5. The number of hydrogen-bond donors (Lipinski definition) is 0. The second-order valence-corrected chi connectivity index (χ2v) is 8.64. The third-order valence-corrected chi connectivity index (χ3v) is 6.08. The van der Waals surface area contributed by atoms with Crippen molar-refractivity contribution >= 4 is 49.6 Å². The lowest BCUT2D eigenvalue weighted by Crippen LogP contribution is -2.19. The van der Waals surface area contributed by atoms with Crippen LogP contribution in [0.2, 0.25) is 0 Å². The number of rotatable bonds is 7. The summed E-state index contributed by atoms with van der Waals surface area (Å²) in [7, 11) is 5.59. The SMILES string of the molecule is COc1c(N(c2ccccc2)c2ccccc2)cc([Si])cc1N(c1ccccc1)c1ccccc1. The van der Waals surface area contributed by atoms with Gasteiger partial charge in [-0.2, -0.15) is 0 Å². The molecule has 0 heterocycles. The van der Waals surface area contributed by atoms with Crippen LogP contribution in [0.1, 0.15) is 0 Å². The van der Waals surface area contributed by atoms with Gasteiger partial charge in [0.2, 0.25) is 0 Å². The Balaban J connectivity index is 1.78. The monoisotopic (exact) mass is 469 g/mol. The topological polar surface area (TPSA) is 15.7 Å². The van der Waals surface area contributed by atoms with Crippen molar-refractivity contribution in [2.24, 2.45) is 0 Å². The van der Waals surface area contributed by atoms with Gasteiger partial charge in [-0.1, -0.05) is 78.0 Å². The summed E-state index contributed by atoms with van der Waals surface area (Å²) < 4.78 is 6.17. The third kappa shape index (κ3) is 4.70. The first-order valence-corrected chi connectivity index (χ1v) is 12.0. The third-order valence-electron chi connectivity index (χ3n) is 5.79. The minimum atomic E-state index is 0.771.